The van der Waals surface area contributed by atoms with Gasteiger partial charge in [-0.3, -0.25) is 9.78 Å². The molecule has 1 aromatic carbocycles. The average Bonchev–Trinajstić information content (AvgIpc) is 3.39. The Bertz CT molecular complexity index is 1090. The number of nitrogens with zero attached hydrogens (tertiary/aromatic N) is 4. The molecule has 3 aromatic heterocycles. The van der Waals surface area contributed by atoms with Crippen molar-refractivity contribution in [1.82, 2.24) is 25.1 Å². The Hall–Kier alpha value is -3.32. The molecule has 146 valence electrons. The summed E-state index contributed by atoms with van der Waals surface area (Å²) < 4.78 is 1.78. The van der Waals surface area contributed by atoms with Crippen LogP contribution in [0.1, 0.15) is 27.5 Å². The molecule has 0 aliphatic rings. The summed E-state index contributed by atoms with van der Waals surface area (Å²) >= 11 is 1.65. The minimum absolute atomic E-state index is 0.0960. The Morgan fingerprint density at radius 2 is 1.93 bits per heavy atom. The van der Waals surface area contributed by atoms with Gasteiger partial charge in [0.2, 0.25) is 0 Å². The maximum atomic E-state index is 12.5. The normalized spacial score (nSPS) is 10.8. The Morgan fingerprint density at radius 1 is 1.14 bits per heavy atom. The van der Waals surface area contributed by atoms with Crippen LogP contribution < -0.4 is 5.32 Å². The molecule has 0 aliphatic carbocycles. The van der Waals surface area contributed by atoms with Gasteiger partial charge in [-0.1, -0.05) is 18.2 Å². The van der Waals surface area contributed by atoms with E-state index in [-0.39, 0.29) is 5.91 Å². The van der Waals surface area contributed by atoms with Crippen LogP contribution in [0.25, 0.3) is 16.9 Å². The second-order valence-corrected chi connectivity index (χ2v) is 7.56. The summed E-state index contributed by atoms with van der Waals surface area (Å²) in [4.78, 5) is 21.2. The second kappa shape index (κ2) is 8.79. The van der Waals surface area contributed by atoms with Crippen LogP contribution in [-0.2, 0) is 6.42 Å². The minimum atomic E-state index is -0.0960. The van der Waals surface area contributed by atoms with Crippen LogP contribution in [0, 0.1) is 6.92 Å². The van der Waals surface area contributed by atoms with Gasteiger partial charge in [0.05, 0.1) is 33.8 Å². The summed E-state index contributed by atoms with van der Waals surface area (Å²) in [5.74, 6) is -0.0960. The average molecular weight is 404 g/mol. The van der Waals surface area contributed by atoms with Crippen molar-refractivity contribution in [1.29, 1.82) is 0 Å². The number of nitrogens with one attached hydrogen (secondary N) is 1. The van der Waals surface area contributed by atoms with Crippen LogP contribution in [-0.4, -0.2) is 32.2 Å². The van der Waals surface area contributed by atoms with E-state index in [1.807, 2.05) is 49.4 Å². The lowest BCUT2D eigenvalue weighted by Crippen LogP contribution is -2.25. The van der Waals surface area contributed by atoms with Crippen molar-refractivity contribution < 1.29 is 4.79 Å². The predicted octanol–water partition coefficient (Wildman–Crippen LogP) is 4.06. The number of para-hydroxylation sites is 1. The van der Waals surface area contributed by atoms with E-state index in [9.17, 15) is 4.79 Å². The molecule has 0 unspecified atom stereocenters. The molecule has 0 spiro atoms. The van der Waals surface area contributed by atoms with E-state index >= 15 is 0 Å². The first kappa shape index (κ1) is 19.0. The summed E-state index contributed by atoms with van der Waals surface area (Å²) in [5, 5.41) is 10.5. The third-order valence-corrected chi connectivity index (χ3v) is 5.54. The number of aryl methyl sites for hydroxylation is 1. The number of rotatable bonds is 7. The molecule has 4 aromatic rings. The first-order valence-electron chi connectivity index (χ1n) is 9.45. The number of thiazole rings is 1. The molecular formula is C22H21N5OS. The van der Waals surface area contributed by atoms with E-state index < -0.39 is 0 Å². The molecule has 0 bridgehead atoms. The van der Waals surface area contributed by atoms with Crippen molar-refractivity contribution in [3.8, 4) is 16.9 Å². The van der Waals surface area contributed by atoms with Gasteiger partial charge in [0.1, 0.15) is 0 Å². The molecule has 29 heavy (non-hydrogen) atoms. The lowest BCUT2D eigenvalue weighted by Gasteiger charge is -2.06. The molecule has 3 heterocycles. The fourth-order valence-electron chi connectivity index (χ4n) is 3.08. The zero-order valence-electron chi connectivity index (χ0n) is 16.1. The van der Waals surface area contributed by atoms with Gasteiger partial charge in [0.15, 0.2) is 0 Å². The summed E-state index contributed by atoms with van der Waals surface area (Å²) in [7, 11) is 0. The minimum Gasteiger partial charge on any atom is -0.352 e. The Kier molecular flexibility index (Phi) is 5.76. The zero-order valence-corrected chi connectivity index (χ0v) is 16.9. The molecule has 0 atom stereocenters. The molecule has 6 nitrogen and oxygen atoms in total. The zero-order chi connectivity index (χ0) is 20.1. The molecular weight excluding hydrogens is 382 g/mol. The van der Waals surface area contributed by atoms with Crippen LogP contribution in [0.3, 0.4) is 0 Å². The fraction of sp³-hybridized carbons (Fsp3) is 0.182. The van der Waals surface area contributed by atoms with Gasteiger partial charge in [-0.2, -0.15) is 5.10 Å². The Morgan fingerprint density at radius 3 is 2.72 bits per heavy atom. The van der Waals surface area contributed by atoms with Gasteiger partial charge in [0.25, 0.3) is 5.91 Å². The first-order chi connectivity index (χ1) is 14.2. The quantitative estimate of drug-likeness (QED) is 0.472. The van der Waals surface area contributed by atoms with Crippen molar-refractivity contribution in [3.05, 3.63) is 82.7 Å². The topological polar surface area (TPSA) is 72.7 Å². The monoisotopic (exact) mass is 403 g/mol. The maximum absolute atomic E-state index is 12.5. The SMILES string of the molecule is Cc1c(C(=O)NCCCc2nc(-c3ccncc3)cs2)cnn1-c1ccccc1. The summed E-state index contributed by atoms with van der Waals surface area (Å²) in [6.07, 6.45) is 6.83. The van der Waals surface area contributed by atoms with Gasteiger partial charge >= 0.3 is 0 Å². The summed E-state index contributed by atoms with van der Waals surface area (Å²) in [5.41, 5.74) is 4.42. The van der Waals surface area contributed by atoms with Crippen molar-refractivity contribution >= 4 is 17.2 Å². The fourth-order valence-corrected chi connectivity index (χ4v) is 3.93. The third-order valence-electron chi connectivity index (χ3n) is 4.64. The van der Waals surface area contributed by atoms with Gasteiger partial charge < -0.3 is 5.32 Å². The summed E-state index contributed by atoms with van der Waals surface area (Å²) in [6.45, 7) is 2.50. The van der Waals surface area contributed by atoms with E-state index in [1.165, 1.54) is 0 Å². The van der Waals surface area contributed by atoms with Crippen molar-refractivity contribution in [2.75, 3.05) is 6.54 Å². The van der Waals surface area contributed by atoms with Gasteiger partial charge in [-0.05, 0) is 37.6 Å². The second-order valence-electron chi connectivity index (χ2n) is 6.61. The number of carbonyl (C=O) groups is 1. The highest BCUT2D eigenvalue weighted by atomic mass is 32.1. The number of hydrogen-bond donors (Lipinski definition) is 1. The molecule has 0 fully saturated rings. The van der Waals surface area contributed by atoms with E-state index in [0.29, 0.717) is 12.1 Å². The summed E-state index contributed by atoms with van der Waals surface area (Å²) in [6, 6.07) is 13.7. The Labute approximate surface area is 173 Å². The molecule has 1 N–H and O–H groups in total. The van der Waals surface area contributed by atoms with Crippen molar-refractivity contribution in [2.45, 2.75) is 19.8 Å². The molecule has 7 heteroatoms. The van der Waals surface area contributed by atoms with Crippen molar-refractivity contribution in [3.63, 3.8) is 0 Å². The number of aromatic nitrogens is 4. The van der Waals surface area contributed by atoms with E-state index in [1.54, 1.807) is 34.6 Å². The number of benzene rings is 1. The lowest BCUT2D eigenvalue weighted by molar-refractivity contribution is 0.0952. The number of pyridine rings is 1. The van der Waals surface area contributed by atoms with Gasteiger partial charge in [-0.15, -0.1) is 11.3 Å². The van der Waals surface area contributed by atoms with Crippen LogP contribution >= 0.6 is 11.3 Å². The third kappa shape index (κ3) is 4.41. The molecule has 1 amide bonds. The first-order valence-corrected chi connectivity index (χ1v) is 10.3. The smallest absolute Gasteiger partial charge is 0.254 e. The largest absolute Gasteiger partial charge is 0.352 e. The number of carbonyl (C=O) groups excluding carboxylic acids is 1. The predicted molar refractivity (Wildman–Crippen MR) is 114 cm³/mol. The standard InChI is InChI=1S/C22H21N5OS/c1-16-19(14-25-27(16)18-6-3-2-4-7-18)22(28)24-11-5-8-21-26-20(15-29-21)17-9-12-23-13-10-17/h2-4,6-7,9-10,12-15H,5,8,11H2,1H3,(H,24,28). The van der Waals surface area contributed by atoms with Crippen LogP contribution in [0.2, 0.25) is 0 Å². The molecule has 0 saturated carbocycles. The van der Waals surface area contributed by atoms with Gasteiger partial charge in [-0.25, -0.2) is 9.67 Å². The van der Waals surface area contributed by atoms with Gasteiger partial charge in [0, 0.05) is 36.3 Å². The lowest BCUT2D eigenvalue weighted by atomic mass is 10.2. The molecule has 0 aliphatic heterocycles. The van der Waals surface area contributed by atoms with E-state index in [4.69, 9.17) is 0 Å². The molecule has 0 saturated heterocycles. The van der Waals surface area contributed by atoms with Crippen LogP contribution in [0.15, 0.2) is 66.4 Å². The molecule has 4 rings (SSSR count). The van der Waals surface area contributed by atoms with E-state index in [0.717, 1.165) is 40.5 Å². The van der Waals surface area contributed by atoms with Crippen molar-refractivity contribution in [2.24, 2.45) is 0 Å². The maximum Gasteiger partial charge on any atom is 0.254 e. The number of hydrogen-bond acceptors (Lipinski definition) is 5. The van der Waals surface area contributed by atoms with Crippen LogP contribution in [0.5, 0.6) is 0 Å². The Balaban J connectivity index is 1.30. The number of amides is 1. The van der Waals surface area contributed by atoms with E-state index in [2.05, 4.69) is 25.8 Å². The highest BCUT2D eigenvalue weighted by Gasteiger charge is 2.14. The molecule has 0 radical (unpaired) electrons. The highest BCUT2D eigenvalue weighted by Crippen LogP contribution is 2.21. The highest BCUT2D eigenvalue weighted by molar-refractivity contribution is 7.09. The van der Waals surface area contributed by atoms with Crippen LogP contribution in [0.4, 0.5) is 0 Å².